The van der Waals surface area contributed by atoms with Crippen molar-refractivity contribution in [3.8, 4) is 0 Å². The van der Waals surface area contributed by atoms with E-state index in [1.807, 2.05) is 6.08 Å². The normalized spacial score (nSPS) is 12.2. The highest BCUT2D eigenvalue weighted by Gasteiger charge is 2.07. The third-order valence-corrected chi connectivity index (χ3v) is 2.65. The molecular weight excluding hydrogens is 182 g/mol. The molecule has 1 nitrogen and oxygen atoms in total. The minimum atomic E-state index is 0.539. The van der Waals surface area contributed by atoms with Crippen LogP contribution in [0.15, 0.2) is 48.7 Å². The lowest BCUT2D eigenvalue weighted by atomic mass is 10.1. The first-order valence-electron chi connectivity index (χ1n) is 5.32. The summed E-state index contributed by atoms with van der Waals surface area (Å²) in [5.74, 6) is 0. The molecule has 1 heteroatoms. The summed E-state index contributed by atoms with van der Waals surface area (Å²) >= 11 is 0. The van der Waals surface area contributed by atoms with Crippen LogP contribution in [0.3, 0.4) is 0 Å². The lowest BCUT2D eigenvalue weighted by molar-refractivity contribution is 0.283. The smallest absolute Gasteiger partial charge is 0.0237 e. The van der Waals surface area contributed by atoms with Crippen LogP contribution in [-0.2, 0) is 6.42 Å². The SMILES string of the molecule is C=C=CCN(C)[C@H](C)Cc1ccccc1. The summed E-state index contributed by atoms with van der Waals surface area (Å²) in [7, 11) is 2.13. The Kier molecular flexibility index (Phi) is 4.89. The number of hydrogen-bond donors (Lipinski definition) is 0. The van der Waals surface area contributed by atoms with Crippen LogP contribution >= 0.6 is 0 Å². The first kappa shape index (κ1) is 11.8. The molecule has 0 amide bonds. The quantitative estimate of drug-likeness (QED) is 0.662. The van der Waals surface area contributed by atoms with E-state index in [1.165, 1.54) is 5.56 Å². The molecule has 0 saturated carbocycles. The molecule has 1 rings (SSSR count). The maximum atomic E-state index is 3.57. The number of nitrogens with zero attached hydrogens (tertiary/aromatic N) is 1. The van der Waals surface area contributed by atoms with Crippen molar-refractivity contribution >= 4 is 0 Å². The van der Waals surface area contributed by atoms with Gasteiger partial charge in [-0.2, -0.15) is 0 Å². The highest BCUT2D eigenvalue weighted by molar-refractivity contribution is 5.15. The molecule has 0 aromatic heterocycles. The van der Waals surface area contributed by atoms with Gasteiger partial charge in [0.05, 0.1) is 0 Å². The minimum absolute atomic E-state index is 0.539. The highest BCUT2D eigenvalue weighted by Crippen LogP contribution is 2.06. The van der Waals surface area contributed by atoms with Crippen molar-refractivity contribution in [1.29, 1.82) is 0 Å². The van der Waals surface area contributed by atoms with Gasteiger partial charge in [0.25, 0.3) is 0 Å². The Morgan fingerprint density at radius 1 is 1.40 bits per heavy atom. The van der Waals surface area contributed by atoms with Gasteiger partial charge in [0.2, 0.25) is 0 Å². The van der Waals surface area contributed by atoms with Crippen LogP contribution in [0.25, 0.3) is 0 Å². The lowest BCUT2D eigenvalue weighted by Gasteiger charge is -2.23. The average molecular weight is 201 g/mol. The van der Waals surface area contributed by atoms with Crippen molar-refractivity contribution in [1.82, 2.24) is 4.90 Å². The molecular formula is C14H19N. The maximum Gasteiger partial charge on any atom is 0.0237 e. The first-order valence-corrected chi connectivity index (χ1v) is 5.32. The molecule has 0 unspecified atom stereocenters. The number of hydrogen-bond acceptors (Lipinski definition) is 1. The van der Waals surface area contributed by atoms with E-state index in [1.54, 1.807) is 0 Å². The fraction of sp³-hybridized carbons (Fsp3) is 0.357. The molecule has 0 heterocycles. The topological polar surface area (TPSA) is 3.24 Å². The van der Waals surface area contributed by atoms with Crippen LogP contribution in [-0.4, -0.2) is 24.5 Å². The molecule has 1 atom stereocenters. The van der Waals surface area contributed by atoms with Gasteiger partial charge >= 0.3 is 0 Å². The van der Waals surface area contributed by atoms with Crippen LogP contribution in [0.4, 0.5) is 0 Å². The highest BCUT2D eigenvalue weighted by atomic mass is 15.1. The molecule has 0 N–H and O–H groups in total. The third kappa shape index (κ3) is 4.16. The van der Waals surface area contributed by atoms with Crippen LogP contribution in [0, 0.1) is 0 Å². The van der Waals surface area contributed by atoms with Crippen molar-refractivity contribution < 1.29 is 0 Å². The second-order valence-electron chi connectivity index (χ2n) is 3.89. The second kappa shape index (κ2) is 6.23. The van der Waals surface area contributed by atoms with Crippen molar-refractivity contribution in [2.45, 2.75) is 19.4 Å². The van der Waals surface area contributed by atoms with Crippen molar-refractivity contribution in [3.05, 3.63) is 54.3 Å². The van der Waals surface area contributed by atoms with Crippen molar-refractivity contribution in [2.75, 3.05) is 13.6 Å². The van der Waals surface area contributed by atoms with Crippen LogP contribution in [0.5, 0.6) is 0 Å². The molecule has 15 heavy (non-hydrogen) atoms. The summed E-state index contributed by atoms with van der Waals surface area (Å²) in [4.78, 5) is 2.30. The second-order valence-corrected chi connectivity index (χ2v) is 3.89. The zero-order chi connectivity index (χ0) is 11.1. The van der Waals surface area contributed by atoms with Gasteiger partial charge in [-0.15, -0.1) is 5.73 Å². The van der Waals surface area contributed by atoms with E-state index in [9.17, 15) is 0 Å². The first-order chi connectivity index (χ1) is 7.24. The van der Waals surface area contributed by atoms with Crippen LogP contribution in [0.1, 0.15) is 12.5 Å². The van der Waals surface area contributed by atoms with Crippen molar-refractivity contribution in [2.24, 2.45) is 0 Å². The summed E-state index contributed by atoms with van der Waals surface area (Å²) < 4.78 is 0. The molecule has 0 aliphatic rings. The third-order valence-electron chi connectivity index (χ3n) is 2.65. The van der Waals surface area contributed by atoms with E-state index in [0.29, 0.717) is 6.04 Å². The van der Waals surface area contributed by atoms with Gasteiger partial charge in [0.1, 0.15) is 0 Å². The standard InChI is InChI=1S/C14H19N/c1-4-5-11-15(3)13(2)12-14-9-7-6-8-10-14/h5-10,13H,1,11-12H2,2-3H3/t13-/m1/s1. The summed E-state index contributed by atoms with van der Waals surface area (Å²) in [5, 5.41) is 0. The molecule has 0 aliphatic heterocycles. The minimum Gasteiger partial charge on any atom is -0.299 e. The van der Waals surface area contributed by atoms with Crippen LogP contribution < -0.4 is 0 Å². The average Bonchev–Trinajstić information content (AvgIpc) is 2.27. The lowest BCUT2D eigenvalue weighted by Crippen LogP contribution is -2.30. The monoisotopic (exact) mass is 201 g/mol. The molecule has 0 saturated heterocycles. The zero-order valence-electron chi connectivity index (χ0n) is 9.61. The Labute approximate surface area is 92.7 Å². The fourth-order valence-electron chi connectivity index (χ4n) is 1.50. The van der Waals surface area contributed by atoms with Gasteiger partial charge < -0.3 is 0 Å². The zero-order valence-corrected chi connectivity index (χ0v) is 9.61. The van der Waals surface area contributed by atoms with Crippen LogP contribution in [0.2, 0.25) is 0 Å². The van der Waals surface area contributed by atoms with Gasteiger partial charge in [-0.25, -0.2) is 0 Å². The van der Waals surface area contributed by atoms with E-state index >= 15 is 0 Å². The number of benzene rings is 1. The van der Waals surface area contributed by atoms with Gasteiger partial charge in [-0.1, -0.05) is 36.9 Å². The Morgan fingerprint density at radius 3 is 2.67 bits per heavy atom. The molecule has 1 aromatic rings. The van der Waals surface area contributed by atoms with Gasteiger partial charge in [-0.3, -0.25) is 4.90 Å². The van der Waals surface area contributed by atoms with Crippen molar-refractivity contribution in [3.63, 3.8) is 0 Å². The summed E-state index contributed by atoms with van der Waals surface area (Å²) in [6.45, 7) is 6.72. The molecule has 0 spiro atoms. The Hall–Kier alpha value is -1.30. The number of likely N-dealkylation sites (N-methyl/N-ethyl adjacent to an activating group) is 1. The predicted octanol–water partition coefficient (Wildman–Crippen LogP) is 2.89. The van der Waals surface area contributed by atoms with E-state index in [2.05, 4.69) is 61.5 Å². The largest absolute Gasteiger partial charge is 0.299 e. The summed E-state index contributed by atoms with van der Waals surface area (Å²) in [6.07, 6.45) is 3.05. The van der Waals surface area contributed by atoms with E-state index in [-0.39, 0.29) is 0 Å². The maximum absolute atomic E-state index is 3.57. The molecule has 1 aromatic carbocycles. The van der Waals surface area contributed by atoms with E-state index in [0.717, 1.165) is 13.0 Å². The summed E-state index contributed by atoms with van der Waals surface area (Å²) in [6, 6.07) is 11.1. The van der Waals surface area contributed by atoms with E-state index < -0.39 is 0 Å². The molecule has 0 aliphatic carbocycles. The Bertz CT molecular complexity index is 322. The number of rotatable bonds is 5. The van der Waals surface area contributed by atoms with E-state index in [4.69, 9.17) is 0 Å². The van der Waals surface area contributed by atoms with Gasteiger partial charge in [0.15, 0.2) is 0 Å². The molecule has 0 radical (unpaired) electrons. The Morgan fingerprint density at radius 2 is 2.07 bits per heavy atom. The molecule has 0 fully saturated rings. The summed E-state index contributed by atoms with van der Waals surface area (Å²) in [5.41, 5.74) is 4.19. The predicted molar refractivity (Wildman–Crippen MR) is 65.9 cm³/mol. The van der Waals surface area contributed by atoms with Gasteiger partial charge in [0, 0.05) is 12.6 Å². The fourth-order valence-corrected chi connectivity index (χ4v) is 1.50. The Balaban J connectivity index is 2.48. The van der Waals surface area contributed by atoms with Gasteiger partial charge in [-0.05, 0) is 32.0 Å². The molecule has 0 bridgehead atoms. The molecule has 80 valence electrons.